The maximum Gasteiger partial charge on any atom is 0.317 e. The predicted molar refractivity (Wildman–Crippen MR) is 82.9 cm³/mol. The predicted octanol–water partition coefficient (Wildman–Crippen LogP) is 2.83. The first-order valence-corrected chi connectivity index (χ1v) is 8.27. The van der Waals surface area contributed by atoms with Crippen molar-refractivity contribution in [1.82, 2.24) is 15.1 Å². The van der Waals surface area contributed by atoms with Crippen molar-refractivity contribution in [2.24, 2.45) is 0 Å². The molecule has 1 N–H and O–H groups in total. The number of carbonyl (C=O) groups excluding carboxylic acids is 1. The van der Waals surface area contributed by atoms with E-state index in [9.17, 15) is 4.79 Å². The summed E-state index contributed by atoms with van der Waals surface area (Å²) < 4.78 is 0. The zero-order valence-electron chi connectivity index (χ0n) is 13.5. The summed E-state index contributed by atoms with van der Waals surface area (Å²) in [6.45, 7) is 9.94. The van der Waals surface area contributed by atoms with Crippen molar-refractivity contribution in [1.29, 1.82) is 0 Å². The Morgan fingerprint density at radius 2 is 1.50 bits per heavy atom. The molecule has 1 saturated heterocycles. The Morgan fingerprint density at radius 3 is 2.00 bits per heavy atom. The number of amides is 2. The van der Waals surface area contributed by atoms with E-state index in [2.05, 4.69) is 10.2 Å². The Morgan fingerprint density at radius 1 is 0.950 bits per heavy atom. The van der Waals surface area contributed by atoms with Crippen molar-refractivity contribution in [2.45, 2.75) is 70.9 Å². The smallest absolute Gasteiger partial charge is 0.317 e. The Bertz CT molecular complexity index is 308. The molecular weight excluding hydrogens is 250 g/mol. The Kier molecular flexibility index (Phi) is 5.30. The van der Waals surface area contributed by atoms with Crippen molar-refractivity contribution in [3.05, 3.63) is 0 Å². The monoisotopic (exact) mass is 281 g/mol. The third-order valence-electron chi connectivity index (χ3n) is 4.42. The lowest BCUT2D eigenvalue weighted by molar-refractivity contribution is 0.0985. The molecule has 2 rings (SSSR count). The molecule has 0 atom stereocenters. The largest absolute Gasteiger partial charge is 0.333 e. The molecule has 1 saturated carbocycles. The molecule has 116 valence electrons. The molecule has 0 radical (unpaired) electrons. The first-order chi connectivity index (χ1) is 9.46. The van der Waals surface area contributed by atoms with E-state index in [1.165, 1.54) is 38.5 Å². The molecule has 2 fully saturated rings. The molecule has 20 heavy (non-hydrogen) atoms. The topological polar surface area (TPSA) is 35.6 Å². The average Bonchev–Trinajstić information content (AvgIpc) is 2.66. The molecule has 2 aliphatic rings. The van der Waals surface area contributed by atoms with Gasteiger partial charge in [-0.25, -0.2) is 4.79 Å². The summed E-state index contributed by atoms with van der Waals surface area (Å²) in [5.41, 5.74) is -0.143. The van der Waals surface area contributed by atoms with E-state index in [0.717, 1.165) is 32.2 Å². The van der Waals surface area contributed by atoms with Crippen LogP contribution in [0.2, 0.25) is 0 Å². The Labute approximate surface area is 123 Å². The molecule has 4 nitrogen and oxygen atoms in total. The number of nitrogens with one attached hydrogen (secondary N) is 1. The minimum Gasteiger partial charge on any atom is -0.333 e. The van der Waals surface area contributed by atoms with Crippen molar-refractivity contribution in [3.63, 3.8) is 0 Å². The van der Waals surface area contributed by atoms with Crippen LogP contribution in [0.4, 0.5) is 4.79 Å². The number of urea groups is 1. The van der Waals surface area contributed by atoms with Crippen LogP contribution in [0.5, 0.6) is 0 Å². The van der Waals surface area contributed by atoms with Gasteiger partial charge in [0.2, 0.25) is 0 Å². The van der Waals surface area contributed by atoms with Crippen LogP contribution in [0.1, 0.15) is 59.3 Å². The maximum absolute atomic E-state index is 12.1. The van der Waals surface area contributed by atoms with Gasteiger partial charge in [0.25, 0.3) is 0 Å². The number of piperazine rings is 1. The molecule has 1 aliphatic heterocycles. The fourth-order valence-corrected chi connectivity index (χ4v) is 3.31. The molecule has 0 bridgehead atoms. The second-order valence-corrected chi connectivity index (χ2v) is 7.35. The van der Waals surface area contributed by atoms with E-state index >= 15 is 0 Å². The van der Waals surface area contributed by atoms with Crippen molar-refractivity contribution < 1.29 is 4.79 Å². The Hall–Kier alpha value is -0.770. The summed E-state index contributed by atoms with van der Waals surface area (Å²) in [4.78, 5) is 16.7. The first-order valence-electron chi connectivity index (χ1n) is 8.27. The van der Waals surface area contributed by atoms with Gasteiger partial charge in [-0.15, -0.1) is 0 Å². The fourth-order valence-electron chi connectivity index (χ4n) is 3.31. The highest BCUT2D eigenvalue weighted by Crippen LogP contribution is 2.22. The van der Waals surface area contributed by atoms with Crippen molar-refractivity contribution in [3.8, 4) is 0 Å². The summed E-state index contributed by atoms with van der Waals surface area (Å²) in [7, 11) is 0. The fraction of sp³-hybridized carbons (Fsp3) is 0.938. The van der Waals surface area contributed by atoms with E-state index in [1.54, 1.807) is 0 Å². The molecule has 4 heteroatoms. The van der Waals surface area contributed by atoms with E-state index in [-0.39, 0.29) is 11.6 Å². The van der Waals surface area contributed by atoms with Gasteiger partial charge in [-0.05, 0) is 33.6 Å². The van der Waals surface area contributed by atoms with E-state index in [0.29, 0.717) is 0 Å². The third kappa shape index (κ3) is 4.65. The second-order valence-electron chi connectivity index (χ2n) is 7.35. The number of hydrogen-bond donors (Lipinski definition) is 1. The van der Waals surface area contributed by atoms with Gasteiger partial charge in [0, 0.05) is 37.8 Å². The van der Waals surface area contributed by atoms with Gasteiger partial charge in [-0.1, -0.05) is 25.7 Å². The summed E-state index contributed by atoms with van der Waals surface area (Å²) in [5.74, 6) is 0. The van der Waals surface area contributed by atoms with Crippen LogP contribution in [0.15, 0.2) is 0 Å². The molecule has 1 aliphatic carbocycles. The van der Waals surface area contributed by atoms with Crippen LogP contribution in [-0.2, 0) is 0 Å². The second kappa shape index (κ2) is 6.79. The van der Waals surface area contributed by atoms with Crippen LogP contribution in [0, 0.1) is 0 Å². The van der Waals surface area contributed by atoms with Crippen LogP contribution < -0.4 is 5.32 Å². The summed E-state index contributed by atoms with van der Waals surface area (Å²) >= 11 is 0. The first kappa shape index (κ1) is 15.6. The van der Waals surface area contributed by atoms with Gasteiger partial charge < -0.3 is 10.2 Å². The molecule has 2 amide bonds. The van der Waals surface area contributed by atoms with Gasteiger partial charge in [-0.2, -0.15) is 0 Å². The van der Waals surface area contributed by atoms with Crippen LogP contribution in [-0.4, -0.2) is 53.6 Å². The van der Waals surface area contributed by atoms with E-state index in [1.807, 2.05) is 25.7 Å². The zero-order valence-corrected chi connectivity index (χ0v) is 13.5. The van der Waals surface area contributed by atoms with Gasteiger partial charge in [0.1, 0.15) is 0 Å². The number of hydrogen-bond acceptors (Lipinski definition) is 2. The highest BCUT2D eigenvalue weighted by Gasteiger charge is 2.27. The highest BCUT2D eigenvalue weighted by atomic mass is 16.2. The SMILES string of the molecule is CC(C)(C)NC(=O)N1CCN(C2CCCCCC2)CC1. The van der Waals surface area contributed by atoms with Crippen molar-refractivity contribution in [2.75, 3.05) is 26.2 Å². The summed E-state index contributed by atoms with van der Waals surface area (Å²) in [6.07, 6.45) is 8.29. The van der Waals surface area contributed by atoms with Crippen LogP contribution >= 0.6 is 0 Å². The quantitative estimate of drug-likeness (QED) is 0.750. The molecule has 1 heterocycles. The lowest BCUT2D eigenvalue weighted by Gasteiger charge is -2.40. The summed E-state index contributed by atoms with van der Waals surface area (Å²) in [5, 5.41) is 3.06. The zero-order chi connectivity index (χ0) is 14.6. The summed E-state index contributed by atoms with van der Waals surface area (Å²) in [6, 6.07) is 0.864. The molecule has 0 unspecified atom stereocenters. The third-order valence-corrected chi connectivity index (χ3v) is 4.42. The number of rotatable bonds is 1. The Balaban J connectivity index is 1.78. The van der Waals surface area contributed by atoms with Gasteiger partial charge in [-0.3, -0.25) is 4.90 Å². The van der Waals surface area contributed by atoms with Crippen LogP contribution in [0.25, 0.3) is 0 Å². The lowest BCUT2D eigenvalue weighted by atomic mass is 10.1. The minimum atomic E-state index is -0.143. The molecule has 0 spiro atoms. The standard InChI is InChI=1S/C16H31N3O/c1-16(2,3)17-15(20)19-12-10-18(11-13-19)14-8-6-4-5-7-9-14/h14H,4-13H2,1-3H3,(H,17,20). The highest BCUT2D eigenvalue weighted by molar-refractivity contribution is 5.75. The number of carbonyl (C=O) groups is 1. The van der Waals surface area contributed by atoms with Crippen molar-refractivity contribution >= 4 is 6.03 Å². The normalized spacial score (nSPS) is 23.4. The van der Waals surface area contributed by atoms with E-state index in [4.69, 9.17) is 0 Å². The molecular formula is C16H31N3O. The maximum atomic E-state index is 12.1. The van der Waals surface area contributed by atoms with Gasteiger partial charge >= 0.3 is 6.03 Å². The van der Waals surface area contributed by atoms with Gasteiger partial charge in [0.05, 0.1) is 0 Å². The van der Waals surface area contributed by atoms with Crippen LogP contribution in [0.3, 0.4) is 0 Å². The lowest BCUT2D eigenvalue weighted by Crippen LogP contribution is -2.56. The van der Waals surface area contributed by atoms with Gasteiger partial charge in [0.15, 0.2) is 0 Å². The molecule has 0 aromatic rings. The number of nitrogens with zero attached hydrogens (tertiary/aromatic N) is 2. The molecule has 0 aromatic carbocycles. The van der Waals surface area contributed by atoms with E-state index < -0.39 is 0 Å². The molecule has 0 aromatic heterocycles. The minimum absolute atomic E-state index is 0.0954. The average molecular weight is 281 g/mol.